The van der Waals surface area contributed by atoms with Crippen LogP contribution in [0.5, 0.6) is 0 Å². The second-order valence-electron chi connectivity index (χ2n) is 8.30. The van der Waals surface area contributed by atoms with Crippen LogP contribution in [-0.4, -0.2) is 42.4 Å². The number of nitrogens with two attached hydrogens (primary N) is 1. The van der Waals surface area contributed by atoms with Crippen molar-refractivity contribution in [3.8, 4) is 16.9 Å². The number of nitrogens with zero attached hydrogens (tertiary/aromatic N) is 7. The van der Waals surface area contributed by atoms with E-state index in [1.54, 1.807) is 55.5 Å². The summed E-state index contributed by atoms with van der Waals surface area (Å²) >= 11 is 0. The Balaban J connectivity index is 1.58. The van der Waals surface area contributed by atoms with Gasteiger partial charge in [-0.3, -0.25) is 0 Å². The average molecular weight is 508 g/mol. The fourth-order valence-electron chi connectivity index (χ4n) is 4.06. The standard InChI is InChI=1S/C25H20F4N8/c1-15(18-4-2-3-5-21(18)37-14-31-13-32-37)36(12-25(27,28)29)24-34-20-11-10-19(33-22(20)23(30)35-24)16-6-8-17(26)9-7-16/h2-11,13-15H,12H2,1H3,(H2,30,34,35). The smallest absolute Gasteiger partial charge is 0.382 e. The molecular weight excluding hydrogens is 488 g/mol. The summed E-state index contributed by atoms with van der Waals surface area (Å²) in [4.78, 5) is 18.0. The molecule has 0 amide bonds. The Morgan fingerprint density at radius 2 is 1.73 bits per heavy atom. The molecule has 3 heterocycles. The monoisotopic (exact) mass is 508 g/mol. The van der Waals surface area contributed by atoms with Gasteiger partial charge in [-0.1, -0.05) is 18.2 Å². The highest BCUT2D eigenvalue weighted by molar-refractivity contribution is 5.87. The van der Waals surface area contributed by atoms with Gasteiger partial charge < -0.3 is 10.6 Å². The van der Waals surface area contributed by atoms with Gasteiger partial charge >= 0.3 is 6.18 Å². The lowest BCUT2D eigenvalue weighted by molar-refractivity contribution is -0.120. The van der Waals surface area contributed by atoms with Gasteiger partial charge in [0.25, 0.3) is 0 Å². The zero-order valence-corrected chi connectivity index (χ0v) is 19.4. The molecule has 8 nitrogen and oxygen atoms in total. The normalized spacial score (nSPS) is 12.6. The summed E-state index contributed by atoms with van der Waals surface area (Å²) in [5.74, 6) is -0.659. The van der Waals surface area contributed by atoms with Crippen molar-refractivity contribution in [3.63, 3.8) is 0 Å². The van der Waals surface area contributed by atoms with E-state index in [9.17, 15) is 17.6 Å². The number of para-hydroxylation sites is 1. The molecule has 1 atom stereocenters. The molecule has 0 radical (unpaired) electrons. The van der Waals surface area contributed by atoms with Crippen LogP contribution in [0.2, 0.25) is 0 Å². The summed E-state index contributed by atoms with van der Waals surface area (Å²) in [6.45, 7) is 0.313. The maximum Gasteiger partial charge on any atom is 0.406 e. The fourth-order valence-corrected chi connectivity index (χ4v) is 4.06. The molecule has 5 rings (SSSR count). The number of hydrogen-bond acceptors (Lipinski definition) is 7. The lowest BCUT2D eigenvalue weighted by atomic mass is 10.0. The van der Waals surface area contributed by atoms with E-state index in [4.69, 9.17) is 5.73 Å². The SMILES string of the molecule is CC(c1ccccc1-n1cncn1)N(CC(F)(F)F)c1nc(N)c2nc(-c3ccc(F)cc3)ccc2n1. The van der Waals surface area contributed by atoms with Crippen LogP contribution in [0.4, 0.5) is 29.3 Å². The van der Waals surface area contributed by atoms with E-state index in [1.165, 1.54) is 29.5 Å². The molecule has 3 aromatic heterocycles. The Kier molecular flexibility index (Phi) is 6.15. The molecule has 2 N–H and O–H groups in total. The molecule has 37 heavy (non-hydrogen) atoms. The van der Waals surface area contributed by atoms with Gasteiger partial charge in [-0.05, 0) is 49.4 Å². The summed E-state index contributed by atoms with van der Waals surface area (Å²) in [5, 5.41) is 4.11. The number of anilines is 2. The van der Waals surface area contributed by atoms with E-state index in [0.29, 0.717) is 22.5 Å². The Labute approximate surface area is 208 Å². The molecule has 0 spiro atoms. The molecule has 0 aliphatic rings. The van der Waals surface area contributed by atoms with Gasteiger partial charge in [0.05, 0.1) is 22.9 Å². The van der Waals surface area contributed by atoms with E-state index >= 15 is 0 Å². The number of benzene rings is 2. The van der Waals surface area contributed by atoms with Gasteiger partial charge in [-0.25, -0.2) is 24.0 Å². The van der Waals surface area contributed by atoms with Crippen LogP contribution in [0.15, 0.2) is 73.3 Å². The first-order valence-corrected chi connectivity index (χ1v) is 11.2. The van der Waals surface area contributed by atoms with Crippen molar-refractivity contribution in [1.82, 2.24) is 29.7 Å². The zero-order chi connectivity index (χ0) is 26.2. The summed E-state index contributed by atoms with van der Waals surface area (Å²) in [5.41, 5.74) is 8.95. The molecule has 0 saturated carbocycles. The highest BCUT2D eigenvalue weighted by Gasteiger charge is 2.35. The Morgan fingerprint density at radius 1 is 0.973 bits per heavy atom. The van der Waals surface area contributed by atoms with Crippen molar-refractivity contribution in [2.24, 2.45) is 0 Å². The van der Waals surface area contributed by atoms with Crippen LogP contribution < -0.4 is 10.6 Å². The van der Waals surface area contributed by atoms with E-state index in [2.05, 4.69) is 25.0 Å². The third-order valence-corrected chi connectivity index (χ3v) is 5.82. The van der Waals surface area contributed by atoms with Gasteiger partial charge in [0.1, 0.15) is 30.5 Å². The predicted octanol–water partition coefficient (Wildman–Crippen LogP) is 5.12. The molecule has 0 saturated heterocycles. The number of pyridine rings is 1. The number of hydrogen-bond donors (Lipinski definition) is 1. The van der Waals surface area contributed by atoms with Crippen molar-refractivity contribution in [2.45, 2.75) is 19.1 Å². The number of fused-ring (bicyclic) bond motifs is 1. The molecule has 5 aromatic rings. The predicted molar refractivity (Wildman–Crippen MR) is 130 cm³/mol. The molecular formula is C25H20F4N8. The molecule has 1 unspecified atom stereocenters. The second-order valence-corrected chi connectivity index (χ2v) is 8.30. The maximum atomic E-state index is 13.7. The zero-order valence-electron chi connectivity index (χ0n) is 19.4. The van der Waals surface area contributed by atoms with Gasteiger partial charge in [-0.15, -0.1) is 0 Å². The third-order valence-electron chi connectivity index (χ3n) is 5.82. The fraction of sp³-hybridized carbons (Fsp3) is 0.160. The van der Waals surface area contributed by atoms with E-state index in [-0.39, 0.29) is 28.6 Å². The van der Waals surface area contributed by atoms with Crippen LogP contribution in [0.1, 0.15) is 18.5 Å². The molecule has 0 bridgehead atoms. The number of halogens is 4. The lowest BCUT2D eigenvalue weighted by Gasteiger charge is -2.31. The Bertz CT molecular complexity index is 1540. The van der Waals surface area contributed by atoms with Crippen molar-refractivity contribution >= 4 is 22.8 Å². The number of nitrogen functional groups attached to an aromatic ring is 1. The van der Waals surface area contributed by atoms with Crippen molar-refractivity contribution < 1.29 is 17.6 Å². The van der Waals surface area contributed by atoms with Gasteiger partial charge in [0, 0.05) is 11.1 Å². The maximum absolute atomic E-state index is 13.7. The lowest BCUT2D eigenvalue weighted by Crippen LogP contribution is -2.38. The van der Waals surface area contributed by atoms with Crippen LogP contribution >= 0.6 is 0 Å². The van der Waals surface area contributed by atoms with Crippen LogP contribution in [0, 0.1) is 5.82 Å². The molecule has 188 valence electrons. The number of alkyl halides is 3. The molecule has 0 aliphatic carbocycles. The quantitative estimate of drug-likeness (QED) is 0.318. The molecule has 0 fully saturated rings. The van der Waals surface area contributed by atoms with Gasteiger partial charge in [0.15, 0.2) is 5.82 Å². The van der Waals surface area contributed by atoms with Crippen molar-refractivity contribution in [1.29, 1.82) is 0 Å². The third kappa shape index (κ3) is 5.03. The summed E-state index contributed by atoms with van der Waals surface area (Å²) < 4.78 is 56.0. The van der Waals surface area contributed by atoms with Crippen molar-refractivity contribution in [3.05, 3.63) is 84.7 Å². The Hall–Kier alpha value is -4.61. The highest BCUT2D eigenvalue weighted by atomic mass is 19.4. The summed E-state index contributed by atoms with van der Waals surface area (Å²) in [7, 11) is 0. The topological polar surface area (TPSA) is 98.6 Å². The largest absolute Gasteiger partial charge is 0.406 e. The second kappa shape index (κ2) is 9.45. The molecule has 0 aliphatic heterocycles. The summed E-state index contributed by atoms with van der Waals surface area (Å²) in [6, 6.07) is 15.1. The first-order chi connectivity index (χ1) is 17.7. The Morgan fingerprint density at radius 3 is 2.43 bits per heavy atom. The number of aromatic nitrogens is 6. The van der Waals surface area contributed by atoms with E-state index < -0.39 is 18.8 Å². The van der Waals surface area contributed by atoms with Crippen molar-refractivity contribution in [2.75, 3.05) is 17.2 Å². The van der Waals surface area contributed by atoms with Crippen LogP contribution in [-0.2, 0) is 0 Å². The average Bonchev–Trinajstić information content (AvgIpc) is 3.42. The van der Waals surface area contributed by atoms with Gasteiger partial charge in [-0.2, -0.15) is 23.3 Å². The number of rotatable bonds is 6. The van der Waals surface area contributed by atoms with Crippen LogP contribution in [0.3, 0.4) is 0 Å². The van der Waals surface area contributed by atoms with Gasteiger partial charge in [0.2, 0.25) is 5.95 Å². The highest BCUT2D eigenvalue weighted by Crippen LogP contribution is 2.33. The van der Waals surface area contributed by atoms with E-state index in [1.807, 2.05) is 0 Å². The summed E-state index contributed by atoms with van der Waals surface area (Å²) in [6.07, 6.45) is -1.74. The minimum Gasteiger partial charge on any atom is -0.382 e. The minimum atomic E-state index is -4.55. The minimum absolute atomic E-state index is 0.0760. The first kappa shape index (κ1) is 24.1. The van der Waals surface area contributed by atoms with Crippen LogP contribution in [0.25, 0.3) is 28.0 Å². The van der Waals surface area contributed by atoms with E-state index in [0.717, 1.165) is 4.90 Å². The molecule has 2 aromatic carbocycles. The first-order valence-electron chi connectivity index (χ1n) is 11.2. The molecule has 12 heteroatoms.